The monoisotopic (exact) mass is 411 g/mol. The Morgan fingerprint density at radius 2 is 1.58 bits per heavy atom. The van der Waals surface area contributed by atoms with E-state index in [2.05, 4.69) is 93.5 Å². The van der Waals surface area contributed by atoms with Gasteiger partial charge in [0, 0.05) is 29.9 Å². The van der Waals surface area contributed by atoms with Crippen LogP contribution in [0.2, 0.25) is 0 Å². The average Bonchev–Trinajstić information content (AvgIpc) is 2.70. The molecule has 4 rings (SSSR count). The first-order chi connectivity index (χ1) is 14.6. The fourth-order valence-corrected chi connectivity index (χ4v) is 4.11. The van der Waals surface area contributed by atoms with Crippen LogP contribution in [-0.4, -0.2) is 15.0 Å². The van der Waals surface area contributed by atoms with Crippen molar-refractivity contribution in [2.24, 2.45) is 12.5 Å². The third kappa shape index (κ3) is 4.34. The first-order valence-corrected chi connectivity index (χ1v) is 10.8. The molecule has 0 radical (unpaired) electrons. The van der Waals surface area contributed by atoms with Crippen LogP contribution in [0.15, 0.2) is 49.1 Å². The molecule has 158 valence electrons. The van der Waals surface area contributed by atoms with E-state index in [-0.39, 0.29) is 5.41 Å². The molecule has 2 heterocycles. The molecular formula is C27H31N4+. The molecule has 0 bridgehead atoms. The largest absolute Gasteiger partial charge is 0.287 e. The summed E-state index contributed by atoms with van der Waals surface area (Å²) in [4.78, 5) is 13.9. The minimum absolute atomic E-state index is 0.173. The van der Waals surface area contributed by atoms with Gasteiger partial charge in [-0.25, -0.2) is 14.5 Å². The lowest BCUT2D eigenvalue weighted by Crippen LogP contribution is -2.32. The highest BCUT2D eigenvalue weighted by molar-refractivity contribution is 5.94. The van der Waals surface area contributed by atoms with E-state index >= 15 is 0 Å². The second-order valence-electron chi connectivity index (χ2n) is 9.82. The van der Waals surface area contributed by atoms with Crippen molar-refractivity contribution in [2.75, 3.05) is 0 Å². The first-order valence-electron chi connectivity index (χ1n) is 10.8. The van der Waals surface area contributed by atoms with Gasteiger partial charge in [-0.15, -0.1) is 0 Å². The van der Waals surface area contributed by atoms with Crippen LogP contribution in [0.25, 0.3) is 33.3 Å². The maximum atomic E-state index is 4.72. The Morgan fingerprint density at radius 1 is 0.871 bits per heavy atom. The number of fused-ring (bicyclic) bond motifs is 1. The predicted octanol–water partition coefficient (Wildman–Crippen LogP) is 5.70. The summed E-state index contributed by atoms with van der Waals surface area (Å²) in [5.41, 5.74) is 9.58. The van der Waals surface area contributed by atoms with Crippen LogP contribution < -0.4 is 4.57 Å². The molecule has 0 atom stereocenters. The zero-order chi connectivity index (χ0) is 22.3. The Labute approximate surface area is 185 Å². The minimum atomic E-state index is 0.173. The van der Waals surface area contributed by atoms with E-state index in [0.717, 1.165) is 34.3 Å². The molecule has 4 nitrogen and oxygen atoms in total. The number of nitrogens with zero attached hydrogens (tertiary/aromatic N) is 4. The SMILES string of the molecule is Cc1cc(C)c(C)c(-c2c3ccc(-c4cnc(CC(C)(C)C)nc4)cc3nc[n+]2C)c1. The maximum Gasteiger partial charge on any atom is 0.287 e. The number of aryl methyl sites for hydroxylation is 3. The fourth-order valence-electron chi connectivity index (χ4n) is 4.11. The number of rotatable bonds is 3. The third-order valence-corrected chi connectivity index (χ3v) is 5.77. The zero-order valence-electron chi connectivity index (χ0n) is 19.6. The topological polar surface area (TPSA) is 42.6 Å². The first kappa shape index (κ1) is 21.1. The molecular weight excluding hydrogens is 380 g/mol. The van der Waals surface area contributed by atoms with Crippen molar-refractivity contribution >= 4 is 10.9 Å². The maximum absolute atomic E-state index is 4.72. The standard InChI is InChI=1S/C27H31N4/c1-17-10-18(2)19(3)23(11-17)26-22-9-8-20(12-24(22)30-16-31(26)7)21-14-28-25(29-15-21)13-27(4,5)6/h8-12,14-16H,13H2,1-7H3/q+1. The highest BCUT2D eigenvalue weighted by atomic mass is 15.0. The molecule has 2 aromatic heterocycles. The number of aromatic nitrogens is 4. The molecule has 4 aromatic rings. The molecule has 31 heavy (non-hydrogen) atoms. The molecule has 0 aliphatic rings. The number of benzene rings is 2. The van der Waals surface area contributed by atoms with Gasteiger partial charge < -0.3 is 0 Å². The van der Waals surface area contributed by atoms with E-state index in [1.807, 2.05) is 18.7 Å². The average molecular weight is 412 g/mol. The molecule has 0 aliphatic carbocycles. The summed E-state index contributed by atoms with van der Waals surface area (Å²) in [6.45, 7) is 13.1. The highest BCUT2D eigenvalue weighted by Gasteiger charge is 2.19. The molecule has 0 N–H and O–H groups in total. The van der Waals surface area contributed by atoms with E-state index in [4.69, 9.17) is 4.98 Å². The second-order valence-corrected chi connectivity index (χ2v) is 9.82. The number of hydrogen-bond acceptors (Lipinski definition) is 3. The van der Waals surface area contributed by atoms with Gasteiger partial charge in [0.2, 0.25) is 0 Å². The van der Waals surface area contributed by atoms with E-state index in [0.29, 0.717) is 0 Å². The van der Waals surface area contributed by atoms with Crippen LogP contribution >= 0.6 is 0 Å². The van der Waals surface area contributed by atoms with Crippen LogP contribution in [0.4, 0.5) is 0 Å². The van der Waals surface area contributed by atoms with E-state index in [1.54, 1.807) is 0 Å². The molecule has 0 saturated heterocycles. The van der Waals surface area contributed by atoms with Gasteiger partial charge in [-0.2, -0.15) is 0 Å². The zero-order valence-corrected chi connectivity index (χ0v) is 19.6. The summed E-state index contributed by atoms with van der Waals surface area (Å²) >= 11 is 0. The molecule has 2 aromatic carbocycles. The van der Waals surface area contributed by atoms with Crippen LogP contribution in [-0.2, 0) is 13.5 Å². The number of hydrogen-bond donors (Lipinski definition) is 0. The van der Waals surface area contributed by atoms with Gasteiger partial charge in [-0.05, 0) is 66.1 Å². The van der Waals surface area contributed by atoms with Gasteiger partial charge in [0.1, 0.15) is 11.5 Å². The van der Waals surface area contributed by atoms with Gasteiger partial charge in [-0.3, -0.25) is 0 Å². The van der Waals surface area contributed by atoms with Crippen LogP contribution in [0.3, 0.4) is 0 Å². The normalized spacial score (nSPS) is 11.8. The minimum Gasteiger partial charge on any atom is -0.241 e. The summed E-state index contributed by atoms with van der Waals surface area (Å²) in [5.74, 6) is 0.884. The Morgan fingerprint density at radius 3 is 2.26 bits per heavy atom. The van der Waals surface area contributed by atoms with Crippen molar-refractivity contribution in [1.29, 1.82) is 0 Å². The van der Waals surface area contributed by atoms with Crippen LogP contribution in [0.1, 0.15) is 43.3 Å². The quantitative estimate of drug-likeness (QED) is 0.406. The van der Waals surface area contributed by atoms with E-state index in [9.17, 15) is 0 Å². The Bertz CT molecular complexity index is 1270. The second kappa shape index (κ2) is 7.84. The van der Waals surface area contributed by atoms with Crippen molar-refractivity contribution in [1.82, 2.24) is 15.0 Å². The third-order valence-electron chi connectivity index (χ3n) is 5.77. The predicted molar refractivity (Wildman–Crippen MR) is 127 cm³/mol. The molecule has 0 spiro atoms. The lowest BCUT2D eigenvalue weighted by atomic mass is 9.92. The Balaban J connectivity index is 1.79. The summed E-state index contributed by atoms with van der Waals surface area (Å²) < 4.78 is 2.12. The van der Waals surface area contributed by atoms with Crippen molar-refractivity contribution in [3.63, 3.8) is 0 Å². The fraction of sp³-hybridized carbons (Fsp3) is 0.333. The Kier molecular flexibility index (Phi) is 5.34. The van der Waals surface area contributed by atoms with E-state index in [1.165, 1.54) is 27.9 Å². The molecule has 0 aliphatic heterocycles. The summed E-state index contributed by atoms with van der Waals surface area (Å²) in [5, 5.41) is 1.15. The van der Waals surface area contributed by atoms with Crippen LogP contribution in [0.5, 0.6) is 0 Å². The molecule has 0 fully saturated rings. The Hall–Kier alpha value is -3.14. The van der Waals surface area contributed by atoms with Gasteiger partial charge >= 0.3 is 0 Å². The van der Waals surface area contributed by atoms with Crippen molar-refractivity contribution in [2.45, 2.75) is 48.0 Å². The molecule has 0 saturated carbocycles. The van der Waals surface area contributed by atoms with Crippen molar-refractivity contribution in [3.05, 3.63) is 71.6 Å². The summed E-state index contributed by atoms with van der Waals surface area (Å²) in [6.07, 6.45) is 6.61. The summed E-state index contributed by atoms with van der Waals surface area (Å²) in [7, 11) is 2.06. The highest BCUT2D eigenvalue weighted by Crippen LogP contribution is 2.31. The van der Waals surface area contributed by atoms with Gasteiger partial charge in [-0.1, -0.05) is 38.5 Å². The van der Waals surface area contributed by atoms with E-state index < -0.39 is 0 Å². The molecule has 4 heteroatoms. The lowest BCUT2D eigenvalue weighted by Gasteiger charge is -2.16. The van der Waals surface area contributed by atoms with Crippen LogP contribution in [0, 0.1) is 26.2 Å². The van der Waals surface area contributed by atoms with Crippen molar-refractivity contribution in [3.8, 4) is 22.4 Å². The molecule has 0 unspecified atom stereocenters. The van der Waals surface area contributed by atoms with Crippen molar-refractivity contribution < 1.29 is 4.57 Å². The van der Waals surface area contributed by atoms with Gasteiger partial charge in [0.25, 0.3) is 6.33 Å². The van der Waals surface area contributed by atoms with Gasteiger partial charge in [0.15, 0.2) is 5.52 Å². The lowest BCUT2D eigenvalue weighted by molar-refractivity contribution is -0.662. The smallest absolute Gasteiger partial charge is 0.241 e. The van der Waals surface area contributed by atoms with Gasteiger partial charge in [0.05, 0.1) is 12.4 Å². The molecule has 0 amide bonds. The summed E-state index contributed by atoms with van der Waals surface area (Å²) in [6, 6.07) is 11.0.